The summed E-state index contributed by atoms with van der Waals surface area (Å²) < 4.78 is 1.98. The summed E-state index contributed by atoms with van der Waals surface area (Å²) in [6.45, 7) is 0.392. The maximum absolute atomic E-state index is 12.6. The van der Waals surface area contributed by atoms with Crippen LogP contribution in [-0.2, 0) is 6.54 Å². The van der Waals surface area contributed by atoms with Crippen LogP contribution >= 0.6 is 0 Å². The summed E-state index contributed by atoms with van der Waals surface area (Å²) in [6, 6.07) is 15.2. The van der Waals surface area contributed by atoms with Crippen molar-refractivity contribution < 1.29 is 4.79 Å². The van der Waals surface area contributed by atoms with Crippen LogP contribution < -0.4 is 5.32 Å². The molecule has 6 nitrogen and oxygen atoms in total. The minimum absolute atomic E-state index is 0.130. The van der Waals surface area contributed by atoms with Crippen molar-refractivity contribution in [3.8, 4) is 11.4 Å². The van der Waals surface area contributed by atoms with Gasteiger partial charge in [0.25, 0.3) is 5.91 Å². The zero-order valence-electron chi connectivity index (χ0n) is 12.8. The van der Waals surface area contributed by atoms with E-state index < -0.39 is 0 Å². The Kier molecular flexibility index (Phi) is 3.55. The van der Waals surface area contributed by atoms with Gasteiger partial charge in [0.15, 0.2) is 0 Å². The Labute approximate surface area is 138 Å². The van der Waals surface area contributed by atoms with Crippen LogP contribution in [0.15, 0.2) is 67.1 Å². The van der Waals surface area contributed by atoms with Crippen LogP contribution in [0.1, 0.15) is 16.1 Å². The molecule has 0 atom stereocenters. The van der Waals surface area contributed by atoms with Gasteiger partial charge in [-0.15, -0.1) is 0 Å². The van der Waals surface area contributed by atoms with E-state index in [0.29, 0.717) is 12.1 Å². The molecule has 4 aromatic rings. The van der Waals surface area contributed by atoms with Crippen LogP contribution in [0, 0.1) is 0 Å². The number of carbonyl (C=O) groups is 1. The van der Waals surface area contributed by atoms with Crippen LogP contribution in [-0.4, -0.2) is 25.5 Å². The zero-order chi connectivity index (χ0) is 16.4. The van der Waals surface area contributed by atoms with Gasteiger partial charge < -0.3 is 9.72 Å². The van der Waals surface area contributed by atoms with Crippen LogP contribution in [0.5, 0.6) is 0 Å². The van der Waals surface area contributed by atoms with E-state index in [2.05, 4.69) is 20.5 Å². The van der Waals surface area contributed by atoms with E-state index in [0.717, 1.165) is 22.6 Å². The van der Waals surface area contributed by atoms with Crippen molar-refractivity contribution in [3.63, 3.8) is 0 Å². The molecule has 6 heteroatoms. The summed E-state index contributed by atoms with van der Waals surface area (Å²) in [5, 5.41) is 9.86. The second-order valence-electron chi connectivity index (χ2n) is 5.37. The number of hydrogen-bond acceptors (Lipinski definition) is 3. The fraction of sp³-hybridized carbons (Fsp3) is 0.0556. The molecule has 0 aliphatic carbocycles. The Morgan fingerprint density at radius 1 is 1.12 bits per heavy atom. The smallest absolute Gasteiger partial charge is 0.253 e. The highest BCUT2D eigenvalue weighted by atomic mass is 16.1. The molecule has 0 saturated heterocycles. The lowest BCUT2D eigenvalue weighted by Gasteiger charge is -2.04. The Balaban J connectivity index is 1.68. The average Bonchev–Trinajstić information content (AvgIpc) is 3.28. The third-order valence-corrected chi connectivity index (χ3v) is 3.85. The molecule has 0 aliphatic heterocycles. The number of pyridine rings is 2. The van der Waals surface area contributed by atoms with E-state index in [9.17, 15) is 4.79 Å². The molecule has 0 saturated carbocycles. The second-order valence-corrected chi connectivity index (χ2v) is 5.37. The molecular weight excluding hydrogens is 302 g/mol. The van der Waals surface area contributed by atoms with Crippen molar-refractivity contribution in [2.24, 2.45) is 0 Å². The quantitative estimate of drug-likeness (QED) is 0.607. The number of carbonyl (C=O) groups excluding carboxylic acids is 1. The highest BCUT2D eigenvalue weighted by molar-refractivity contribution is 6.02. The first-order valence-electron chi connectivity index (χ1n) is 7.61. The summed E-state index contributed by atoms with van der Waals surface area (Å²) in [7, 11) is 0. The first-order chi connectivity index (χ1) is 11.8. The molecule has 0 fully saturated rings. The van der Waals surface area contributed by atoms with Crippen LogP contribution in [0.4, 0.5) is 0 Å². The Hall–Kier alpha value is -3.41. The molecule has 0 unspecified atom stereocenters. The van der Waals surface area contributed by atoms with Gasteiger partial charge in [-0.1, -0.05) is 12.1 Å². The van der Waals surface area contributed by atoms with Crippen molar-refractivity contribution in [2.75, 3.05) is 0 Å². The molecule has 118 valence electrons. The van der Waals surface area contributed by atoms with Gasteiger partial charge in [-0.2, -0.15) is 5.10 Å². The van der Waals surface area contributed by atoms with Gasteiger partial charge in [-0.25, -0.2) is 0 Å². The fourth-order valence-electron chi connectivity index (χ4n) is 2.71. The highest BCUT2D eigenvalue weighted by Crippen LogP contribution is 2.24. The molecular formula is C18H15N5O. The molecule has 0 aliphatic rings. The molecule has 0 spiro atoms. The van der Waals surface area contributed by atoms with Crippen LogP contribution in [0.3, 0.4) is 0 Å². The molecule has 24 heavy (non-hydrogen) atoms. The first kappa shape index (κ1) is 14.2. The molecule has 4 rings (SSSR count). The summed E-state index contributed by atoms with van der Waals surface area (Å²) in [5.41, 5.74) is 4.05. The number of hydrogen-bond donors (Lipinski definition) is 2. The predicted molar refractivity (Wildman–Crippen MR) is 90.4 cm³/mol. The van der Waals surface area contributed by atoms with Crippen LogP contribution in [0.2, 0.25) is 0 Å². The molecule has 1 amide bonds. The molecule has 4 aromatic heterocycles. The lowest BCUT2D eigenvalue weighted by Crippen LogP contribution is -2.23. The Bertz CT molecular complexity index is 973. The Morgan fingerprint density at radius 3 is 2.83 bits per heavy atom. The van der Waals surface area contributed by atoms with E-state index in [4.69, 9.17) is 0 Å². The van der Waals surface area contributed by atoms with Gasteiger partial charge >= 0.3 is 0 Å². The summed E-state index contributed by atoms with van der Waals surface area (Å²) >= 11 is 0. The van der Waals surface area contributed by atoms with Crippen molar-refractivity contribution in [2.45, 2.75) is 6.54 Å². The SMILES string of the molecule is O=C(NCc1ccccn1)c1cc(-c2ccn[nH]2)n2ccccc12. The van der Waals surface area contributed by atoms with E-state index >= 15 is 0 Å². The predicted octanol–water partition coefficient (Wildman–Crippen LogP) is 2.65. The number of nitrogens with zero attached hydrogens (tertiary/aromatic N) is 3. The largest absolute Gasteiger partial charge is 0.346 e. The lowest BCUT2D eigenvalue weighted by molar-refractivity contribution is 0.0952. The normalized spacial score (nSPS) is 10.8. The number of nitrogens with one attached hydrogen (secondary N) is 2. The average molecular weight is 317 g/mol. The second kappa shape index (κ2) is 6.00. The van der Waals surface area contributed by atoms with Gasteiger partial charge in [-0.05, 0) is 36.4 Å². The fourth-order valence-corrected chi connectivity index (χ4v) is 2.71. The van der Waals surface area contributed by atoms with Crippen molar-refractivity contribution in [1.82, 2.24) is 24.9 Å². The van der Waals surface area contributed by atoms with Crippen LogP contribution in [0.25, 0.3) is 16.9 Å². The van der Waals surface area contributed by atoms with E-state index in [1.54, 1.807) is 12.4 Å². The number of fused-ring (bicyclic) bond motifs is 1. The number of rotatable bonds is 4. The number of aromatic amines is 1. The van der Waals surface area contributed by atoms with E-state index in [-0.39, 0.29) is 5.91 Å². The topological polar surface area (TPSA) is 75.1 Å². The highest BCUT2D eigenvalue weighted by Gasteiger charge is 2.16. The number of aromatic nitrogens is 4. The molecule has 2 N–H and O–H groups in total. The number of H-pyrrole nitrogens is 1. The van der Waals surface area contributed by atoms with Gasteiger partial charge in [0.1, 0.15) is 0 Å². The maximum atomic E-state index is 12.6. The van der Waals surface area contributed by atoms with E-state index in [1.807, 2.05) is 59.1 Å². The monoisotopic (exact) mass is 317 g/mol. The zero-order valence-corrected chi connectivity index (χ0v) is 12.8. The maximum Gasteiger partial charge on any atom is 0.253 e. The van der Waals surface area contributed by atoms with Gasteiger partial charge in [0.05, 0.1) is 34.7 Å². The standard InChI is InChI=1S/C18H15N5O/c24-18(20-12-13-5-1-3-8-19-13)14-11-17(15-7-9-21-22-15)23-10-4-2-6-16(14)23/h1-11H,12H2,(H,20,24)(H,21,22). The van der Waals surface area contributed by atoms with Gasteiger partial charge in [0.2, 0.25) is 0 Å². The number of amides is 1. The minimum Gasteiger partial charge on any atom is -0.346 e. The molecule has 0 bridgehead atoms. The van der Waals surface area contributed by atoms with Crippen molar-refractivity contribution in [3.05, 3.63) is 78.4 Å². The third kappa shape index (κ3) is 2.54. The first-order valence-corrected chi connectivity index (χ1v) is 7.61. The summed E-state index contributed by atoms with van der Waals surface area (Å²) in [5.74, 6) is -0.130. The molecule has 0 aromatic carbocycles. The van der Waals surface area contributed by atoms with E-state index in [1.165, 1.54) is 0 Å². The minimum atomic E-state index is -0.130. The molecule has 4 heterocycles. The van der Waals surface area contributed by atoms with Gasteiger partial charge in [0, 0.05) is 18.6 Å². The van der Waals surface area contributed by atoms with Crippen molar-refractivity contribution >= 4 is 11.4 Å². The van der Waals surface area contributed by atoms with Crippen molar-refractivity contribution in [1.29, 1.82) is 0 Å². The lowest BCUT2D eigenvalue weighted by atomic mass is 10.2. The Morgan fingerprint density at radius 2 is 2.04 bits per heavy atom. The summed E-state index contributed by atoms with van der Waals surface area (Å²) in [4.78, 5) is 16.9. The van der Waals surface area contributed by atoms with Gasteiger partial charge in [-0.3, -0.25) is 14.9 Å². The summed E-state index contributed by atoms with van der Waals surface area (Å²) in [6.07, 6.45) is 5.34. The molecule has 0 radical (unpaired) electrons. The third-order valence-electron chi connectivity index (χ3n) is 3.85.